The number of rotatable bonds is 3. The van der Waals surface area contributed by atoms with Gasteiger partial charge in [-0.15, -0.1) is 11.6 Å². The standard InChI is InChI=1S/C12H19ClN2/c1-12(2)5-3-4-10(12)7-15-8-11(6-13)14-9-15/h8-10H,3-7H2,1-2H3. The highest BCUT2D eigenvalue weighted by Gasteiger charge is 2.34. The Bertz CT molecular complexity index is 330. The van der Waals surface area contributed by atoms with Crippen LogP contribution >= 0.6 is 11.6 Å². The highest BCUT2D eigenvalue weighted by Crippen LogP contribution is 2.43. The van der Waals surface area contributed by atoms with Crippen molar-refractivity contribution < 1.29 is 0 Å². The highest BCUT2D eigenvalue weighted by atomic mass is 35.5. The number of aromatic nitrogens is 2. The van der Waals surface area contributed by atoms with Crippen molar-refractivity contribution in [2.45, 2.75) is 45.5 Å². The molecule has 1 saturated carbocycles. The fourth-order valence-corrected chi connectivity index (χ4v) is 2.71. The Hall–Kier alpha value is -0.500. The molecule has 2 nitrogen and oxygen atoms in total. The summed E-state index contributed by atoms with van der Waals surface area (Å²) in [6.45, 7) is 5.85. The normalized spacial score (nSPS) is 24.6. The lowest BCUT2D eigenvalue weighted by molar-refractivity contribution is 0.232. The molecule has 0 bridgehead atoms. The van der Waals surface area contributed by atoms with Crippen LogP contribution in [-0.4, -0.2) is 9.55 Å². The smallest absolute Gasteiger partial charge is 0.0950 e. The summed E-state index contributed by atoms with van der Waals surface area (Å²) in [6, 6.07) is 0. The summed E-state index contributed by atoms with van der Waals surface area (Å²) in [5, 5.41) is 0. The number of halogens is 1. The molecule has 1 atom stereocenters. The van der Waals surface area contributed by atoms with Crippen molar-refractivity contribution in [2.75, 3.05) is 0 Å². The zero-order valence-electron chi connectivity index (χ0n) is 9.54. The van der Waals surface area contributed by atoms with Crippen molar-refractivity contribution >= 4 is 11.6 Å². The minimum absolute atomic E-state index is 0.491. The summed E-state index contributed by atoms with van der Waals surface area (Å²) in [4.78, 5) is 4.26. The van der Waals surface area contributed by atoms with Crippen LogP contribution < -0.4 is 0 Å². The van der Waals surface area contributed by atoms with E-state index in [1.54, 1.807) is 0 Å². The molecule has 0 aliphatic heterocycles. The molecule has 1 aromatic heterocycles. The van der Waals surface area contributed by atoms with Crippen molar-refractivity contribution in [3.63, 3.8) is 0 Å². The number of hydrogen-bond acceptors (Lipinski definition) is 1. The number of imidazole rings is 1. The van der Waals surface area contributed by atoms with Gasteiger partial charge in [-0.25, -0.2) is 4.98 Å². The fraction of sp³-hybridized carbons (Fsp3) is 0.750. The predicted octanol–water partition coefficient (Wildman–Crippen LogP) is 3.45. The van der Waals surface area contributed by atoms with E-state index in [2.05, 4.69) is 29.6 Å². The number of hydrogen-bond donors (Lipinski definition) is 0. The van der Waals surface area contributed by atoms with Crippen molar-refractivity contribution in [1.29, 1.82) is 0 Å². The maximum Gasteiger partial charge on any atom is 0.0950 e. The van der Waals surface area contributed by atoms with Gasteiger partial charge >= 0.3 is 0 Å². The summed E-state index contributed by atoms with van der Waals surface area (Å²) >= 11 is 5.74. The molecule has 1 aliphatic rings. The predicted molar refractivity (Wildman–Crippen MR) is 62.9 cm³/mol. The van der Waals surface area contributed by atoms with Gasteiger partial charge in [0.2, 0.25) is 0 Å². The minimum Gasteiger partial charge on any atom is -0.337 e. The molecule has 0 saturated heterocycles. The first kappa shape index (κ1) is 11.0. The first-order valence-electron chi connectivity index (χ1n) is 5.68. The highest BCUT2D eigenvalue weighted by molar-refractivity contribution is 6.16. The average Bonchev–Trinajstić information content (AvgIpc) is 2.75. The van der Waals surface area contributed by atoms with Crippen LogP contribution in [0.25, 0.3) is 0 Å². The summed E-state index contributed by atoms with van der Waals surface area (Å²) in [5.41, 5.74) is 1.47. The molecule has 84 valence electrons. The molecule has 15 heavy (non-hydrogen) atoms. The van der Waals surface area contributed by atoms with Crippen LogP contribution in [0.1, 0.15) is 38.8 Å². The van der Waals surface area contributed by atoms with E-state index in [4.69, 9.17) is 11.6 Å². The second-order valence-electron chi connectivity index (χ2n) is 5.27. The minimum atomic E-state index is 0.491. The third-order valence-corrected chi connectivity index (χ3v) is 4.01. The van der Waals surface area contributed by atoms with Crippen molar-refractivity contribution in [2.24, 2.45) is 11.3 Å². The Kier molecular flexibility index (Phi) is 3.06. The maximum atomic E-state index is 5.74. The van der Waals surface area contributed by atoms with Crippen LogP contribution in [0.4, 0.5) is 0 Å². The Morgan fingerprint density at radius 3 is 2.93 bits per heavy atom. The molecule has 0 spiro atoms. The van der Waals surface area contributed by atoms with Gasteiger partial charge in [-0.05, 0) is 24.2 Å². The van der Waals surface area contributed by atoms with E-state index >= 15 is 0 Å². The van der Waals surface area contributed by atoms with Crippen LogP contribution in [0.2, 0.25) is 0 Å². The molecule has 1 unspecified atom stereocenters. The molecular weight excluding hydrogens is 208 g/mol. The Morgan fingerprint density at radius 1 is 1.60 bits per heavy atom. The lowest BCUT2D eigenvalue weighted by Gasteiger charge is -2.27. The van der Waals surface area contributed by atoms with Crippen LogP contribution in [0.15, 0.2) is 12.5 Å². The SMILES string of the molecule is CC1(C)CCCC1Cn1cnc(CCl)c1. The average molecular weight is 227 g/mol. The van der Waals surface area contributed by atoms with Gasteiger partial charge < -0.3 is 4.57 Å². The third kappa shape index (κ3) is 2.36. The molecule has 3 heteroatoms. The quantitative estimate of drug-likeness (QED) is 0.722. The van der Waals surface area contributed by atoms with Crippen molar-refractivity contribution in [1.82, 2.24) is 9.55 Å². The van der Waals surface area contributed by atoms with Gasteiger partial charge in [0.15, 0.2) is 0 Å². The summed E-state index contributed by atoms with van der Waals surface area (Å²) in [6.07, 6.45) is 8.05. The largest absolute Gasteiger partial charge is 0.337 e. The molecule has 0 amide bonds. The topological polar surface area (TPSA) is 17.8 Å². The lowest BCUT2D eigenvalue weighted by atomic mass is 9.82. The molecule has 1 heterocycles. The van der Waals surface area contributed by atoms with Crippen LogP contribution in [0.5, 0.6) is 0 Å². The molecule has 0 N–H and O–H groups in total. The van der Waals surface area contributed by atoms with E-state index < -0.39 is 0 Å². The summed E-state index contributed by atoms with van der Waals surface area (Å²) in [5.74, 6) is 1.30. The van der Waals surface area contributed by atoms with Gasteiger partial charge in [0.1, 0.15) is 0 Å². The fourth-order valence-electron chi connectivity index (χ4n) is 2.57. The van der Waals surface area contributed by atoms with E-state index in [-0.39, 0.29) is 0 Å². The molecule has 2 rings (SSSR count). The Balaban J connectivity index is 2.02. The van der Waals surface area contributed by atoms with Gasteiger partial charge in [-0.2, -0.15) is 0 Å². The monoisotopic (exact) mass is 226 g/mol. The van der Waals surface area contributed by atoms with Gasteiger partial charge in [-0.3, -0.25) is 0 Å². The first-order valence-corrected chi connectivity index (χ1v) is 6.22. The van der Waals surface area contributed by atoms with Gasteiger partial charge in [0, 0.05) is 12.7 Å². The molecule has 1 aliphatic carbocycles. The summed E-state index contributed by atoms with van der Waals surface area (Å²) in [7, 11) is 0. The van der Waals surface area contributed by atoms with E-state index in [1.165, 1.54) is 19.3 Å². The van der Waals surface area contributed by atoms with Crippen LogP contribution in [-0.2, 0) is 12.4 Å². The van der Waals surface area contributed by atoms with E-state index in [9.17, 15) is 0 Å². The zero-order valence-corrected chi connectivity index (χ0v) is 10.3. The zero-order chi connectivity index (χ0) is 10.9. The van der Waals surface area contributed by atoms with Gasteiger partial charge in [0.25, 0.3) is 0 Å². The molecule has 1 fully saturated rings. The molecular formula is C12H19ClN2. The number of nitrogens with zero attached hydrogens (tertiary/aromatic N) is 2. The van der Waals surface area contributed by atoms with E-state index in [1.807, 2.05) is 6.33 Å². The van der Waals surface area contributed by atoms with Crippen LogP contribution in [0, 0.1) is 11.3 Å². The van der Waals surface area contributed by atoms with Crippen LogP contribution in [0.3, 0.4) is 0 Å². The Morgan fingerprint density at radius 2 is 2.40 bits per heavy atom. The molecule has 0 radical (unpaired) electrons. The van der Waals surface area contributed by atoms with E-state index in [0.717, 1.165) is 18.2 Å². The van der Waals surface area contributed by atoms with Gasteiger partial charge in [-0.1, -0.05) is 20.3 Å². The second kappa shape index (κ2) is 4.17. The Labute approximate surface area is 96.7 Å². The van der Waals surface area contributed by atoms with Crippen molar-refractivity contribution in [3.8, 4) is 0 Å². The third-order valence-electron chi connectivity index (χ3n) is 3.73. The first-order chi connectivity index (χ1) is 7.12. The molecule has 0 aromatic carbocycles. The molecule has 1 aromatic rings. The van der Waals surface area contributed by atoms with E-state index in [0.29, 0.717) is 11.3 Å². The van der Waals surface area contributed by atoms with Crippen molar-refractivity contribution in [3.05, 3.63) is 18.2 Å². The lowest BCUT2D eigenvalue weighted by Crippen LogP contribution is -2.21. The van der Waals surface area contributed by atoms with Gasteiger partial charge in [0.05, 0.1) is 17.9 Å². The second-order valence-corrected chi connectivity index (χ2v) is 5.54. The maximum absolute atomic E-state index is 5.74. The number of alkyl halides is 1. The summed E-state index contributed by atoms with van der Waals surface area (Å²) < 4.78 is 2.19.